The van der Waals surface area contributed by atoms with E-state index in [1.54, 1.807) is 0 Å². The zero-order valence-electron chi connectivity index (χ0n) is 15.5. The van der Waals surface area contributed by atoms with Crippen LogP contribution in [0.3, 0.4) is 0 Å². The molecule has 2 aliphatic rings. The number of nitrogens with zero attached hydrogens (tertiary/aromatic N) is 3. The Bertz CT molecular complexity index is 950. The monoisotopic (exact) mass is 346 g/mol. The topological polar surface area (TPSA) is 32.6 Å². The SMILES string of the molecule is Cc1ccc2nc(-c3ccc4c(c3)CCN4)c(CN3CCCCC3)n2c1. The van der Waals surface area contributed by atoms with Crippen molar-refractivity contribution in [3.63, 3.8) is 0 Å². The van der Waals surface area contributed by atoms with Crippen LogP contribution in [0.1, 0.15) is 36.1 Å². The lowest BCUT2D eigenvalue weighted by atomic mass is 10.0. The molecule has 5 rings (SSSR count). The van der Waals surface area contributed by atoms with Crippen LogP contribution in [0.15, 0.2) is 36.5 Å². The first-order chi connectivity index (χ1) is 12.8. The molecule has 0 spiro atoms. The van der Waals surface area contributed by atoms with E-state index >= 15 is 0 Å². The Balaban J connectivity index is 1.62. The molecule has 2 aliphatic heterocycles. The van der Waals surface area contributed by atoms with Crippen molar-refractivity contribution in [3.8, 4) is 11.3 Å². The highest BCUT2D eigenvalue weighted by Crippen LogP contribution is 2.31. The van der Waals surface area contributed by atoms with E-state index in [9.17, 15) is 0 Å². The van der Waals surface area contributed by atoms with Crippen LogP contribution in [0.25, 0.3) is 16.9 Å². The molecule has 4 nitrogen and oxygen atoms in total. The van der Waals surface area contributed by atoms with E-state index in [0.717, 1.165) is 30.9 Å². The van der Waals surface area contributed by atoms with Crippen molar-refractivity contribution in [1.82, 2.24) is 14.3 Å². The molecule has 0 amide bonds. The minimum Gasteiger partial charge on any atom is -0.384 e. The van der Waals surface area contributed by atoms with Gasteiger partial charge in [-0.05, 0) is 68.6 Å². The fourth-order valence-corrected chi connectivity index (χ4v) is 4.36. The third-order valence-corrected chi connectivity index (χ3v) is 5.78. The van der Waals surface area contributed by atoms with Crippen LogP contribution in [0, 0.1) is 6.92 Å². The third-order valence-electron chi connectivity index (χ3n) is 5.78. The maximum atomic E-state index is 5.03. The minimum atomic E-state index is 0.981. The van der Waals surface area contributed by atoms with Gasteiger partial charge < -0.3 is 9.72 Å². The van der Waals surface area contributed by atoms with Gasteiger partial charge in [-0.15, -0.1) is 0 Å². The van der Waals surface area contributed by atoms with Crippen molar-refractivity contribution in [3.05, 3.63) is 53.3 Å². The normalized spacial score (nSPS) is 17.4. The summed E-state index contributed by atoms with van der Waals surface area (Å²) in [6, 6.07) is 11.1. The van der Waals surface area contributed by atoms with Gasteiger partial charge in [-0.25, -0.2) is 4.98 Å². The van der Waals surface area contributed by atoms with E-state index in [1.165, 1.54) is 60.4 Å². The van der Waals surface area contributed by atoms with Gasteiger partial charge in [0.25, 0.3) is 0 Å². The molecular weight excluding hydrogens is 320 g/mol. The molecule has 0 radical (unpaired) electrons. The average Bonchev–Trinajstić information content (AvgIpc) is 3.27. The summed E-state index contributed by atoms with van der Waals surface area (Å²) in [4.78, 5) is 7.62. The van der Waals surface area contributed by atoms with Crippen LogP contribution in [-0.4, -0.2) is 33.9 Å². The average molecular weight is 346 g/mol. The Hall–Kier alpha value is -2.33. The summed E-state index contributed by atoms with van der Waals surface area (Å²) in [6.07, 6.45) is 7.34. The molecule has 0 bridgehead atoms. The van der Waals surface area contributed by atoms with Gasteiger partial charge in [0, 0.05) is 30.5 Å². The van der Waals surface area contributed by atoms with Crippen molar-refractivity contribution in [1.29, 1.82) is 0 Å². The Morgan fingerprint density at radius 1 is 1.08 bits per heavy atom. The largest absolute Gasteiger partial charge is 0.384 e. The number of hydrogen-bond acceptors (Lipinski definition) is 3. The lowest BCUT2D eigenvalue weighted by molar-refractivity contribution is 0.218. The van der Waals surface area contributed by atoms with Crippen LogP contribution in [0.4, 0.5) is 5.69 Å². The van der Waals surface area contributed by atoms with Crippen molar-refractivity contribution in [2.75, 3.05) is 25.0 Å². The quantitative estimate of drug-likeness (QED) is 0.769. The molecular formula is C22H26N4. The highest BCUT2D eigenvalue weighted by Gasteiger charge is 2.20. The number of nitrogens with one attached hydrogen (secondary N) is 1. The van der Waals surface area contributed by atoms with Crippen LogP contribution < -0.4 is 5.32 Å². The molecule has 4 heteroatoms. The molecule has 3 aromatic rings. The number of hydrogen-bond donors (Lipinski definition) is 1. The zero-order chi connectivity index (χ0) is 17.5. The van der Waals surface area contributed by atoms with Crippen LogP contribution in [0.5, 0.6) is 0 Å². The van der Waals surface area contributed by atoms with Crippen molar-refractivity contribution in [2.24, 2.45) is 0 Å². The molecule has 4 heterocycles. The van der Waals surface area contributed by atoms with Crippen LogP contribution in [0.2, 0.25) is 0 Å². The Morgan fingerprint density at radius 2 is 1.96 bits per heavy atom. The standard InChI is InChI=1S/C22H26N4/c1-16-5-8-21-24-22(18-6-7-19-17(13-18)9-10-23-19)20(26(21)14-16)15-25-11-3-2-4-12-25/h5-8,13-14,23H,2-4,9-12,15H2,1H3. The first-order valence-electron chi connectivity index (χ1n) is 9.85. The number of benzene rings is 1. The predicted octanol–water partition coefficient (Wildman–Crippen LogP) is 4.26. The maximum absolute atomic E-state index is 5.03. The number of fused-ring (bicyclic) bond motifs is 2. The molecule has 26 heavy (non-hydrogen) atoms. The van der Waals surface area contributed by atoms with Crippen LogP contribution in [-0.2, 0) is 13.0 Å². The summed E-state index contributed by atoms with van der Waals surface area (Å²) in [5, 5.41) is 3.46. The highest BCUT2D eigenvalue weighted by atomic mass is 15.2. The number of likely N-dealkylation sites (tertiary alicyclic amines) is 1. The molecule has 1 saturated heterocycles. The van der Waals surface area contributed by atoms with Gasteiger partial charge in [-0.3, -0.25) is 4.90 Å². The lowest BCUT2D eigenvalue weighted by Gasteiger charge is -2.26. The molecule has 2 aromatic heterocycles. The summed E-state index contributed by atoms with van der Waals surface area (Å²) in [5.74, 6) is 0. The van der Waals surface area contributed by atoms with E-state index in [0.29, 0.717) is 0 Å². The van der Waals surface area contributed by atoms with E-state index < -0.39 is 0 Å². The first kappa shape index (κ1) is 15.9. The number of piperidine rings is 1. The second-order valence-electron chi connectivity index (χ2n) is 7.73. The summed E-state index contributed by atoms with van der Waals surface area (Å²) >= 11 is 0. The van der Waals surface area contributed by atoms with Crippen LogP contribution >= 0.6 is 0 Å². The van der Waals surface area contributed by atoms with Gasteiger partial charge in [0.1, 0.15) is 5.65 Å². The van der Waals surface area contributed by atoms with Crippen molar-refractivity contribution in [2.45, 2.75) is 39.2 Å². The van der Waals surface area contributed by atoms with Crippen molar-refractivity contribution >= 4 is 11.3 Å². The molecule has 0 saturated carbocycles. The highest BCUT2D eigenvalue weighted by molar-refractivity contribution is 5.71. The molecule has 1 fully saturated rings. The molecule has 0 aliphatic carbocycles. The fourth-order valence-electron chi connectivity index (χ4n) is 4.36. The summed E-state index contributed by atoms with van der Waals surface area (Å²) in [5.41, 5.74) is 8.76. The van der Waals surface area contributed by atoms with Gasteiger partial charge in [0.05, 0.1) is 11.4 Å². The van der Waals surface area contributed by atoms with Gasteiger partial charge in [-0.2, -0.15) is 0 Å². The minimum absolute atomic E-state index is 0.981. The number of pyridine rings is 1. The second-order valence-corrected chi connectivity index (χ2v) is 7.73. The molecule has 134 valence electrons. The van der Waals surface area contributed by atoms with Gasteiger partial charge in [-0.1, -0.05) is 18.6 Å². The number of aryl methyl sites for hydroxylation is 1. The van der Waals surface area contributed by atoms with E-state index in [1.807, 2.05) is 0 Å². The van der Waals surface area contributed by atoms with Gasteiger partial charge >= 0.3 is 0 Å². The van der Waals surface area contributed by atoms with E-state index in [2.05, 4.69) is 58.1 Å². The maximum Gasteiger partial charge on any atom is 0.137 e. The second kappa shape index (κ2) is 6.44. The number of aromatic nitrogens is 2. The molecule has 0 unspecified atom stereocenters. The molecule has 1 N–H and O–H groups in total. The van der Waals surface area contributed by atoms with Gasteiger partial charge in [0.15, 0.2) is 0 Å². The fraction of sp³-hybridized carbons (Fsp3) is 0.409. The summed E-state index contributed by atoms with van der Waals surface area (Å²) in [6.45, 7) is 6.59. The molecule has 1 aromatic carbocycles. The lowest BCUT2D eigenvalue weighted by Crippen LogP contribution is -2.29. The van der Waals surface area contributed by atoms with E-state index in [4.69, 9.17) is 4.98 Å². The van der Waals surface area contributed by atoms with Gasteiger partial charge in [0.2, 0.25) is 0 Å². The predicted molar refractivity (Wildman–Crippen MR) is 107 cm³/mol. The summed E-state index contributed by atoms with van der Waals surface area (Å²) < 4.78 is 2.31. The zero-order valence-corrected chi connectivity index (χ0v) is 15.5. The first-order valence-corrected chi connectivity index (χ1v) is 9.85. The Kier molecular flexibility index (Phi) is 3.93. The number of anilines is 1. The summed E-state index contributed by atoms with van der Waals surface area (Å²) in [7, 11) is 0. The Labute approximate surface area is 154 Å². The number of imidazole rings is 1. The molecule has 0 atom stereocenters. The van der Waals surface area contributed by atoms with Crippen molar-refractivity contribution < 1.29 is 0 Å². The Morgan fingerprint density at radius 3 is 2.85 bits per heavy atom. The third kappa shape index (κ3) is 2.78. The smallest absolute Gasteiger partial charge is 0.137 e. The van der Waals surface area contributed by atoms with E-state index in [-0.39, 0.29) is 0 Å². The number of rotatable bonds is 3.